The lowest BCUT2D eigenvalue weighted by Gasteiger charge is -2.39. The number of carbonyl (C=O) groups excluding carboxylic acids is 1. The Morgan fingerprint density at radius 3 is 2.75 bits per heavy atom. The number of anilines is 3. The Hall–Kier alpha value is -3.38. The van der Waals surface area contributed by atoms with Gasteiger partial charge < -0.3 is 20.7 Å². The van der Waals surface area contributed by atoms with Gasteiger partial charge in [-0.3, -0.25) is 14.7 Å². The molecule has 2 aliphatic heterocycles. The zero-order valence-corrected chi connectivity index (χ0v) is 17.2. The molecule has 3 aromatic rings. The monoisotopic (exact) mass is 444 g/mol. The minimum atomic E-state index is -0.632. The van der Waals surface area contributed by atoms with Crippen LogP contribution in [0.4, 0.5) is 26.0 Å². The van der Waals surface area contributed by atoms with Gasteiger partial charge in [0.2, 0.25) is 0 Å². The minimum absolute atomic E-state index is 0.0220. The number of hydrogen-bond acceptors (Lipinski definition) is 8. The molecule has 10 nitrogen and oxygen atoms in total. The lowest BCUT2D eigenvalue weighted by atomic mass is 10.1. The molecule has 0 aliphatic carbocycles. The molecule has 32 heavy (non-hydrogen) atoms. The number of aromatic nitrogens is 4. The second-order valence-electron chi connectivity index (χ2n) is 7.81. The average Bonchev–Trinajstić information content (AvgIpc) is 3.41. The van der Waals surface area contributed by atoms with E-state index in [9.17, 15) is 13.6 Å². The summed E-state index contributed by atoms with van der Waals surface area (Å²) in [4.78, 5) is 25.0. The second kappa shape index (κ2) is 8.28. The SMILES string of the molecule is Nc1nn2cc(F)cnc2c1C(=O)Nc1cncc(F)c1N1CCN([C@H]2CCOC2)CC1. The zero-order valence-electron chi connectivity index (χ0n) is 17.2. The molecule has 0 unspecified atom stereocenters. The van der Waals surface area contributed by atoms with Gasteiger partial charge in [0.1, 0.15) is 11.3 Å². The molecule has 2 fully saturated rings. The summed E-state index contributed by atoms with van der Waals surface area (Å²) in [5.41, 5.74) is 6.43. The molecule has 5 rings (SSSR count). The molecule has 0 aromatic carbocycles. The topological polar surface area (TPSA) is 114 Å². The number of halogens is 2. The van der Waals surface area contributed by atoms with E-state index < -0.39 is 17.5 Å². The Morgan fingerprint density at radius 2 is 2.00 bits per heavy atom. The first-order chi connectivity index (χ1) is 15.5. The number of nitrogens with zero attached hydrogens (tertiary/aromatic N) is 6. The Balaban J connectivity index is 1.38. The molecule has 5 heterocycles. The van der Waals surface area contributed by atoms with E-state index >= 15 is 0 Å². The van der Waals surface area contributed by atoms with Crippen LogP contribution in [0.2, 0.25) is 0 Å². The maximum Gasteiger partial charge on any atom is 0.263 e. The van der Waals surface area contributed by atoms with E-state index in [4.69, 9.17) is 10.5 Å². The molecule has 0 saturated carbocycles. The largest absolute Gasteiger partial charge is 0.381 e. The van der Waals surface area contributed by atoms with Crippen molar-refractivity contribution in [1.82, 2.24) is 24.5 Å². The van der Waals surface area contributed by atoms with E-state index in [1.54, 1.807) is 0 Å². The molecule has 3 N–H and O–H groups in total. The van der Waals surface area contributed by atoms with Crippen molar-refractivity contribution in [2.24, 2.45) is 0 Å². The fourth-order valence-electron chi connectivity index (χ4n) is 4.29. The van der Waals surface area contributed by atoms with Crippen LogP contribution in [0.25, 0.3) is 5.65 Å². The Morgan fingerprint density at radius 1 is 1.19 bits per heavy atom. The van der Waals surface area contributed by atoms with Gasteiger partial charge in [0.15, 0.2) is 23.1 Å². The van der Waals surface area contributed by atoms with Gasteiger partial charge in [0.05, 0.1) is 37.1 Å². The lowest BCUT2D eigenvalue weighted by molar-refractivity contribution is 0.102. The highest BCUT2D eigenvalue weighted by molar-refractivity contribution is 6.12. The minimum Gasteiger partial charge on any atom is -0.381 e. The third-order valence-corrected chi connectivity index (χ3v) is 5.87. The molecule has 12 heteroatoms. The van der Waals surface area contributed by atoms with Crippen molar-refractivity contribution >= 4 is 28.7 Å². The summed E-state index contributed by atoms with van der Waals surface area (Å²) >= 11 is 0. The molecular formula is C20H22F2N8O2. The summed E-state index contributed by atoms with van der Waals surface area (Å²) in [6, 6.07) is 0.398. The maximum absolute atomic E-state index is 14.8. The second-order valence-corrected chi connectivity index (χ2v) is 7.81. The van der Waals surface area contributed by atoms with Crippen LogP contribution in [0.3, 0.4) is 0 Å². The van der Waals surface area contributed by atoms with Crippen LogP contribution in [-0.4, -0.2) is 75.8 Å². The number of hydrogen-bond donors (Lipinski definition) is 2. The van der Waals surface area contributed by atoms with Crippen molar-refractivity contribution in [2.75, 3.05) is 55.3 Å². The number of ether oxygens (including phenoxy) is 1. The molecule has 168 valence electrons. The maximum atomic E-state index is 14.8. The van der Waals surface area contributed by atoms with E-state index in [0.29, 0.717) is 19.1 Å². The Bertz CT molecular complexity index is 1160. The van der Waals surface area contributed by atoms with Gasteiger partial charge in [-0.2, -0.15) is 0 Å². The number of fused-ring (bicyclic) bond motifs is 1. The summed E-state index contributed by atoms with van der Waals surface area (Å²) in [7, 11) is 0. The lowest BCUT2D eigenvalue weighted by Crippen LogP contribution is -2.51. The standard InChI is InChI=1S/C20H22F2N8O2/c21-12-7-25-19-16(18(23)27-30(19)10-12)20(31)26-15-9-24-8-14(22)17(15)29-4-2-28(3-5-29)13-1-6-32-11-13/h7-10,13H,1-6,11H2,(H2,23,27)(H,26,31)/t13-/m0/s1. The van der Waals surface area contributed by atoms with Crippen LogP contribution < -0.4 is 16.0 Å². The van der Waals surface area contributed by atoms with Gasteiger partial charge in [-0.25, -0.2) is 18.3 Å². The summed E-state index contributed by atoms with van der Waals surface area (Å²) < 4.78 is 34.8. The number of carbonyl (C=O) groups is 1. The van der Waals surface area contributed by atoms with Crippen LogP contribution in [0, 0.1) is 11.6 Å². The molecule has 1 amide bonds. The van der Waals surface area contributed by atoms with Crippen LogP contribution in [0.1, 0.15) is 16.8 Å². The first-order valence-corrected chi connectivity index (χ1v) is 10.3. The molecule has 1 atom stereocenters. The predicted octanol–water partition coefficient (Wildman–Crippen LogP) is 1.15. The van der Waals surface area contributed by atoms with Gasteiger partial charge in [-0.1, -0.05) is 0 Å². The van der Waals surface area contributed by atoms with Crippen molar-refractivity contribution < 1.29 is 18.3 Å². The quantitative estimate of drug-likeness (QED) is 0.616. The van der Waals surface area contributed by atoms with Gasteiger partial charge in [-0.05, 0) is 6.42 Å². The predicted molar refractivity (Wildman–Crippen MR) is 113 cm³/mol. The Kier molecular flexibility index (Phi) is 5.31. The van der Waals surface area contributed by atoms with Crippen LogP contribution in [0.5, 0.6) is 0 Å². The highest BCUT2D eigenvalue weighted by atomic mass is 19.1. The van der Waals surface area contributed by atoms with Crippen LogP contribution >= 0.6 is 0 Å². The van der Waals surface area contributed by atoms with Gasteiger partial charge in [0, 0.05) is 38.8 Å². The third-order valence-electron chi connectivity index (χ3n) is 5.87. The number of piperazine rings is 1. The number of nitrogens with two attached hydrogens (primary N) is 1. The summed E-state index contributed by atoms with van der Waals surface area (Å²) in [5.74, 6) is -1.90. The number of pyridine rings is 1. The van der Waals surface area contributed by atoms with Crippen molar-refractivity contribution in [3.05, 3.63) is 42.0 Å². The molecule has 0 radical (unpaired) electrons. The van der Waals surface area contributed by atoms with Crippen LogP contribution in [-0.2, 0) is 4.74 Å². The normalized spacial score (nSPS) is 19.6. The van der Waals surface area contributed by atoms with Crippen molar-refractivity contribution in [3.8, 4) is 0 Å². The first-order valence-electron chi connectivity index (χ1n) is 10.3. The fourth-order valence-corrected chi connectivity index (χ4v) is 4.29. The van der Waals surface area contributed by atoms with E-state index in [0.717, 1.165) is 55.8 Å². The van der Waals surface area contributed by atoms with E-state index in [2.05, 4.69) is 25.3 Å². The number of amides is 1. The van der Waals surface area contributed by atoms with Gasteiger partial charge in [0.25, 0.3) is 5.91 Å². The van der Waals surface area contributed by atoms with E-state index in [1.165, 1.54) is 6.20 Å². The highest BCUT2D eigenvalue weighted by Gasteiger charge is 2.29. The van der Waals surface area contributed by atoms with Crippen molar-refractivity contribution in [2.45, 2.75) is 12.5 Å². The van der Waals surface area contributed by atoms with Gasteiger partial charge >= 0.3 is 0 Å². The van der Waals surface area contributed by atoms with E-state index in [1.807, 2.05) is 4.90 Å². The molecule has 3 aromatic heterocycles. The number of nitrogen functional groups attached to an aromatic ring is 1. The molecule has 0 spiro atoms. The zero-order chi connectivity index (χ0) is 22.2. The summed E-state index contributed by atoms with van der Waals surface area (Å²) in [5, 5.41) is 6.61. The average molecular weight is 444 g/mol. The fraction of sp³-hybridized carbons (Fsp3) is 0.400. The number of rotatable bonds is 4. The van der Waals surface area contributed by atoms with Gasteiger partial charge in [-0.15, -0.1) is 5.10 Å². The molecular weight excluding hydrogens is 422 g/mol. The molecule has 2 saturated heterocycles. The summed E-state index contributed by atoms with van der Waals surface area (Å²) in [6.07, 6.45) is 5.55. The van der Waals surface area contributed by atoms with E-state index in [-0.39, 0.29) is 28.4 Å². The first kappa shape index (κ1) is 20.5. The Labute approximate surface area is 182 Å². The van der Waals surface area contributed by atoms with Crippen molar-refractivity contribution in [3.63, 3.8) is 0 Å². The van der Waals surface area contributed by atoms with Crippen LogP contribution in [0.15, 0.2) is 24.8 Å². The summed E-state index contributed by atoms with van der Waals surface area (Å²) in [6.45, 7) is 4.22. The number of nitrogens with one attached hydrogen (secondary N) is 1. The molecule has 2 aliphatic rings. The molecule has 0 bridgehead atoms. The highest BCUT2D eigenvalue weighted by Crippen LogP contribution is 2.31. The third kappa shape index (κ3) is 3.71. The van der Waals surface area contributed by atoms with Crippen molar-refractivity contribution in [1.29, 1.82) is 0 Å². The smallest absolute Gasteiger partial charge is 0.263 e.